The fraction of sp³-hybridized carbons (Fsp3) is 1.00. The van der Waals surface area contributed by atoms with E-state index in [0.717, 1.165) is 0 Å². The molecule has 0 saturated heterocycles. The minimum atomic E-state index is -4.25. The average molecular weight is 153 g/mol. The minimum Gasteiger partial charge on any atom is -0.368 e. The highest BCUT2D eigenvalue weighted by Crippen LogP contribution is 1.89. The Morgan fingerprint density at radius 3 is 2.22 bits per heavy atom. The Labute approximate surface area is 54.2 Å². The van der Waals surface area contributed by atoms with E-state index in [0.29, 0.717) is 13.0 Å². The molecule has 5 N–H and O–H groups in total. The molecule has 56 valence electrons. The smallest absolute Gasteiger partial charge is 0.368 e. The normalized spacial score (nSPS) is 12.0. The van der Waals surface area contributed by atoms with Gasteiger partial charge in [0.05, 0.1) is 0 Å². The van der Waals surface area contributed by atoms with E-state index in [-0.39, 0.29) is 6.61 Å². The molecule has 5 nitrogen and oxygen atoms in total. The standard InChI is InChI=1S/C3H11NO4Si/c4-2-1-3-8-9(5,6)7/h5-7H,1-4H2. The largest absolute Gasteiger partial charge is 0.671 e. The highest BCUT2D eigenvalue weighted by molar-refractivity contribution is 6.48. The molecule has 0 amide bonds. The maximum atomic E-state index is 8.23. The van der Waals surface area contributed by atoms with E-state index < -0.39 is 9.05 Å². The lowest BCUT2D eigenvalue weighted by Crippen LogP contribution is -2.39. The molecule has 0 saturated carbocycles. The highest BCUT2D eigenvalue weighted by Gasteiger charge is 2.29. The van der Waals surface area contributed by atoms with Gasteiger partial charge in [0.25, 0.3) is 0 Å². The minimum absolute atomic E-state index is 0.0895. The van der Waals surface area contributed by atoms with Gasteiger partial charge in [0, 0.05) is 6.61 Å². The van der Waals surface area contributed by atoms with Crippen molar-refractivity contribution in [2.45, 2.75) is 6.42 Å². The van der Waals surface area contributed by atoms with Gasteiger partial charge in [-0.25, -0.2) is 0 Å². The van der Waals surface area contributed by atoms with Crippen LogP contribution in [0.15, 0.2) is 0 Å². The van der Waals surface area contributed by atoms with E-state index >= 15 is 0 Å². The summed E-state index contributed by atoms with van der Waals surface area (Å²) in [5.41, 5.74) is 5.05. The van der Waals surface area contributed by atoms with Crippen LogP contribution in [-0.2, 0) is 4.43 Å². The zero-order valence-electron chi connectivity index (χ0n) is 4.95. The van der Waals surface area contributed by atoms with Gasteiger partial charge in [0.15, 0.2) is 0 Å². The van der Waals surface area contributed by atoms with Crippen LogP contribution in [0.5, 0.6) is 0 Å². The quantitative estimate of drug-likeness (QED) is 0.271. The molecule has 0 fully saturated rings. The van der Waals surface area contributed by atoms with E-state index in [9.17, 15) is 0 Å². The number of hydrogen-bond acceptors (Lipinski definition) is 5. The Kier molecular flexibility index (Phi) is 3.94. The zero-order chi connectivity index (χ0) is 7.33. The van der Waals surface area contributed by atoms with Crippen molar-refractivity contribution in [3.05, 3.63) is 0 Å². The van der Waals surface area contributed by atoms with Crippen molar-refractivity contribution in [2.75, 3.05) is 13.2 Å². The van der Waals surface area contributed by atoms with Crippen LogP contribution in [0.3, 0.4) is 0 Å². The molecule has 0 spiro atoms. The second-order valence-electron chi connectivity index (χ2n) is 1.56. The predicted molar refractivity (Wildman–Crippen MR) is 32.0 cm³/mol. The molecular weight excluding hydrogens is 142 g/mol. The van der Waals surface area contributed by atoms with Crippen LogP contribution in [0.1, 0.15) is 6.42 Å². The first-order valence-electron chi connectivity index (χ1n) is 2.57. The summed E-state index contributed by atoms with van der Waals surface area (Å²) in [5, 5.41) is 0. The SMILES string of the molecule is NCCCO[Si](O)(O)O. The fourth-order valence-electron chi connectivity index (χ4n) is 0.292. The molecule has 0 aromatic carbocycles. The van der Waals surface area contributed by atoms with Crippen molar-refractivity contribution in [1.29, 1.82) is 0 Å². The van der Waals surface area contributed by atoms with Crippen molar-refractivity contribution in [3.63, 3.8) is 0 Å². The molecule has 9 heavy (non-hydrogen) atoms. The maximum absolute atomic E-state index is 8.23. The topological polar surface area (TPSA) is 95.9 Å². The second-order valence-corrected chi connectivity index (χ2v) is 3.00. The predicted octanol–water partition coefficient (Wildman–Crippen LogP) is -2.24. The van der Waals surface area contributed by atoms with Gasteiger partial charge in [-0.1, -0.05) is 0 Å². The van der Waals surface area contributed by atoms with Crippen LogP contribution in [0.2, 0.25) is 0 Å². The molecule has 0 heterocycles. The first-order chi connectivity index (χ1) is 4.06. The van der Waals surface area contributed by atoms with Crippen molar-refractivity contribution >= 4 is 9.05 Å². The summed E-state index contributed by atoms with van der Waals surface area (Å²) in [6.45, 7) is 0.497. The summed E-state index contributed by atoms with van der Waals surface area (Å²) in [6.07, 6.45) is 0.510. The molecule has 0 aromatic rings. The lowest BCUT2D eigenvalue weighted by atomic mass is 10.5. The van der Waals surface area contributed by atoms with Gasteiger partial charge < -0.3 is 24.5 Å². The molecule has 0 radical (unpaired) electrons. The van der Waals surface area contributed by atoms with Crippen molar-refractivity contribution in [1.82, 2.24) is 0 Å². The Bertz CT molecular complexity index is 72.7. The van der Waals surface area contributed by atoms with Gasteiger partial charge in [-0.3, -0.25) is 0 Å². The van der Waals surface area contributed by atoms with Crippen LogP contribution in [-0.4, -0.2) is 36.6 Å². The van der Waals surface area contributed by atoms with E-state index in [4.69, 9.17) is 20.1 Å². The van der Waals surface area contributed by atoms with Gasteiger partial charge in [-0.2, -0.15) is 0 Å². The zero-order valence-corrected chi connectivity index (χ0v) is 5.95. The molecule has 0 atom stereocenters. The second kappa shape index (κ2) is 3.93. The number of rotatable bonds is 4. The third kappa shape index (κ3) is 8.02. The van der Waals surface area contributed by atoms with E-state index in [1.807, 2.05) is 0 Å². The summed E-state index contributed by atoms with van der Waals surface area (Å²) >= 11 is 0. The molecule has 6 heteroatoms. The Morgan fingerprint density at radius 1 is 1.33 bits per heavy atom. The van der Waals surface area contributed by atoms with Crippen LogP contribution in [0.25, 0.3) is 0 Å². The Hall–Kier alpha value is 0.0169. The highest BCUT2D eigenvalue weighted by atomic mass is 28.4. The van der Waals surface area contributed by atoms with Crippen LogP contribution in [0, 0.1) is 0 Å². The number of hydrogen-bond donors (Lipinski definition) is 4. The molecule has 0 aliphatic carbocycles. The monoisotopic (exact) mass is 153 g/mol. The first-order valence-corrected chi connectivity index (χ1v) is 4.32. The van der Waals surface area contributed by atoms with E-state index in [1.165, 1.54) is 0 Å². The van der Waals surface area contributed by atoms with Gasteiger partial charge in [0.1, 0.15) is 0 Å². The Morgan fingerprint density at radius 2 is 1.89 bits per heavy atom. The molecule has 0 unspecified atom stereocenters. The summed E-state index contributed by atoms with van der Waals surface area (Å²) in [4.78, 5) is 24.7. The van der Waals surface area contributed by atoms with Crippen molar-refractivity contribution < 1.29 is 18.8 Å². The molecular formula is C3H11NO4Si. The van der Waals surface area contributed by atoms with Crippen LogP contribution < -0.4 is 5.73 Å². The molecule has 0 aliphatic heterocycles. The summed E-state index contributed by atoms with van der Waals surface area (Å²) in [6, 6.07) is 0. The van der Waals surface area contributed by atoms with Crippen LogP contribution >= 0.6 is 0 Å². The average Bonchev–Trinajstić information content (AvgIpc) is 1.63. The molecule has 0 aliphatic rings. The van der Waals surface area contributed by atoms with Gasteiger partial charge in [-0.15, -0.1) is 0 Å². The summed E-state index contributed by atoms with van der Waals surface area (Å²) < 4.78 is 4.20. The molecule has 0 aromatic heterocycles. The van der Waals surface area contributed by atoms with Gasteiger partial charge in [-0.05, 0) is 13.0 Å². The maximum Gasteiger partial charge on any atom is 0.671 e. The van der Waals surface area contributed by atoms with E-state index in [2.05, 4.69) is 4.43 Å². The van der Waals surface area contributed by atoms with E-state index in [1.54, 1.807) is 0 Å². The van der Waals surface area contributed by atoms with Crippen molar-refractivity contribution in [3.8, 4) is 0 Å². The molecule has 0 rings (SSSR count). The number of nitrogens with two attached hydrogens (primary N) is 1. The molecule has 0 bridgehead atoms. The lowest BCUT2D eigenvalue weighted by molar-refractivity contribution is 0.0630. The summed E-state index contributed by atoms with van der Waals surface area (Å²) in [7, 11) is -4.25. The lowest BCUT2D eigenvalue weighted by Gasteiger charge is -2.07. The van der Waals surface area contributed by atoms with Gasteiger partial charge >= 0.3 is 9.05 Å². The van der Waals surface area contributed by atoms with Gasteiger partial charge in [0.2, 0.25) is 0 Å². The Balaban J connectivity index is 3.07. The van der Waals surface area contributed by atoms with Crippen molar-refractivity contribution in [2.24, 2.45) is 5.73 Å². The third-order valence-electron chi connectivity index (χ3n) is 0.644. The summed E-state index contributed by atoms with van der Waals surface area (Å²) in [5.74, 6) is 0. The first kappa shape index (κ1) is 9.02. The fourth-order valence-corrected chi connectivity index (χ4v) is 0.711. The van der Waals surface area contributed by atoms with Crippen LogP contribution in [0.4, 0.5) is 0 Å². The third-order valence-corrected chi connectivity index (χ3v) is 1.24.